The molecule has 1 aliphatic heterocycles. The second-order valence-electron chi connectivity index (χ2n) is 4.48. The number of rotatable bonds is 0. The highest BCUT2D eigenvalue weighted by atomic mass is 35.5. The molecule has 1 N–H and O–H groups in total. The molecule has 3 aromatic rings. The molecule has 3 heteroatoms. The third-order valence-corrected chi connectivity index (χ3v) is 3.69. The molecule has 2 aromatic carbocycles. The van der Waals surface area contributed by atoms with Gasteiger partial charge in [0.2, 0.25) is 0 Å². The Bertz CT molecular complexity index is 801. The van der Waals surface area contributed by atoms with Gasteiger partial charge in [-0.15, -0.1) is 0 Å². The Morgan fingerprint density at radius 3 is 3.06 bits per heavy atom. The Hall–Kier alpha value is -1.93. The molecule has 88 valence electrons. The standard InChI is InChI=1S/C15H10ClNO/c16-12-2-1-3-13-15(12)11-6-9-4-5-17-8-10(9)7-14(11)18-13/h1-7,17H,8H2. The molecule has 1 aromatic heterocycles. The minimum absolute atomic E-state index is 0.740. The fraction of sp³-hybridized carbons (Fsp3) is 0.0667. The van der Waals surface area contributed by atoms with Crippen molar-refractivity contribution in [3.05, 3.63) is 52.7 Å². The van der Waals surface area contributed by atoms with Gasteiger partial charge in [-0.05, 0) is 47.7 Å². The van der Waals surface area contributed by atoms with Gasteiger partial charge in [-0.1, -0.05) is 17.7 Å². The zero-order valence-electron chi connectivity index (χ0n) is 9.53. The number of hydrogen-bond acceptors (Lipinski definition) is 2. The minimum Gasteiger partial charge on any atom is -0.456 e. The second-order valence-corrected chi connectivity index (χ2v) is 4.88. The van der Waals surface area contributed by atoms with E-state index in [0.29, 0.717) is 0 Å². The zero-order valence-corrected chi connectivity index (χ0v) is 10.3. The highest BCUT2D eigenvalue weighted by Gasteiger charge is 2.13. The molecule has 2 heterocycles. The summed E-state index contributed by atoms with van der Waals surface area (Å²) >= 11 is 6.27. The van der Waals surface area contributed by atoms with Gasteiger partial charge in [0, 0.05) is 17.3 Å². The lowest BCUT2D eigenvalue weighted by Crippen LogP contribution is -2.09. The first kappa shape index (κ1) is 10.0. The summed E-state index contributed by atoms with van der Waals surface area (Å²) in [6.07, 6.45) is 4.05. The maximum absolute atomic E-state index is 6.27. The van der Waals surface area contributed by atoms with Gasteiger partial charge < -0.3 is 9.73 Å². The molecule has 4 rings (SSSR count). The summed E-state index contributed by atoms with van der Waals surface area (Å²) in [7, 11) is 0. The molecule has 0 radical (unpaired) electrons. The molecular formula is C15H10ClNO. The molecule has 0 atom stereocenters. The average Bonchev–Trinajstić information content (AvgIpc) is 2.74. The predicted molar refractivity (Wildman–Crippen MR) is 74.6 cm³/mol. The Balaban J connectivity index is 2.18. The Kier molecular flexibility index (Phi) is 1.97. The van der Waals surface area contributed by atoms with Gasteiger partial charge in [0.05, 0.1) is 5.02 Å². The minimum atomic E-state index is 0.740. The summed E-state index contributed by atoms with van der Waals surface area (Å²) in [5.41, 5.74) is 4.22. The summed E-state index contributed by atoms with van der Waals surface area (Å²) < 4.78 is 5.86. The van der Waals surface area contributed by atoms with Gasteiger partial charge in [-0.2, -0.15) is 0 Å². The van der Waals surface area contributed by atoms with E-state index in [1.54, 1.807) is 0 Å². The van der Waals surface area contributed by atoms with Crippen LogP contribution in [0.1, 0.15) is 11.1 Å². The number of benzene rings is 2. The summed E-state index contributed by atoms with van der Waals surface area (Å²) in [6.45, 7) is 0.840. The van der Waals surface area contributed by atoms with Crippen molar-refractivity contribution in [2.75, 3.05) is 0 Å². The number of hydrogen-bond donors (Lipinski definition) is 1. The van der Waals surface area contributed by atoms with Crippen LogP contribution in [0.5, 0.6) is 0 Å². The number of fused-ring (bicyclic) bond motifs is 4. The van der Waals surface area contributed by atoms with Crippen LogP contribution in [0.15, 0.2) is 40.9 Å². The van der Waals surface area contributed by atoms with Gasteiger partial charge in [0.15, 0.2) is 0 Å². The van der Waals surface area contributed by atoms with Crippen molar-refractivity contribution in [3.8, 4) is 0 Å². The Morgan fingerprint density at radius 1 is 1.17 bits per heavy atom. The topological polar surface area (TPSA) is 25.2 Å². The van der Waals surface area contributed by atoms with Crippen LogP contribution in [-0.2, 0) is 6.54 Å². The molecule has 0 unspecified atom stereocenters. The summed E-state index contributed by atoms with van der Waals surface area (Å²) in [4.78, 5) is 0. The van der Waals surface area contributed by atoms with E-state index in [2.05, 4.69) is 23.5 Å². The molecular weight excluding hydrogens is 246 g/mol. The maximum atomic E-state index is 6.27. The fourth-order valence-electron chi connectivity index (χ4n) is 2.51. The van der Waals surface area contributed by atoms with Crippen molar-refractivity contribution in [2.45, 2.75) is 6.54 Å². The smallest absolute Gasteiger partial charge is 0.136 e. The Morgan fingerprint density at radius 2 is 2.11 bits per heavy atom. The first-order chi connectivity index (χ1) is 8.83. The van der Waals surface area contributed by atoms with Crippen LogP contribution in [0.2, 0.25) is 5.02 Å². The fourth-order valence-corrected chi connectivity index (χ4v) is 2.78. The van der Waals surface area contributed by atoms with E-state index in [1.165, 1.54) is 11.1 Å². The van der Waals surface area contributed by atoms with Crippen molar-refractivity contribution in [2.24, 2.45) is 0 Å². The van der Waals surface area contributed by atoms with Crippen molar-refractivity contribution >= 4 is 39.6 Å². The van der Waals surface area contributed by atoms with Gasteiger partial charge in [-0.25, -0.2) is 0 Å². The van der Waals surface area contributed by atoms with Gasteiger partial charge in [0.25, 0.3) is 0 Å². The largest absolute Gasteiger partial charge is 0.456 e. The summed E-state index contributed by atoms with van der Waals surface area (Å²) in [5.74, 6) is 0. The molecule has 0 fully saturated rings. The third-order valence-electron chi connectivity index (χ3n) is 3.38. The van der Waals surface area contributed by atoms with E-state index >= 15 is 0 Å². The lowest BCUT2D eigenvalue weighted by atomic mass is 10.0. The van der Waals surface area contributed by atoms with E-state index < -0.39 is 0 Å². The maximum Gasteiger partial charge on any atom is 0.136 e. The first-order valence-corrected chi connectivity index (χ1v) is 6.24. The number of furan rings is 1. The van der Waals surface area contributed by atoms with Crippen LogP contribution >= 0.6 is 11.6 Å². The van der Waals surface area contributed by atoms with E-state index in [1.807, 2.05) is 24.4 Å². The SMILES string of the molecule is Clc1cccc2oc3cc4c(cc3c12)C=CNC4. The van der Waals surface area contributed by atoms with Gasteiger partial charge in [-0.3, -0.25) is 0 Å². The lowest BCUT2D eigenvalue weighted by molar-refractivity contribution is 0.667. The van der Waals surface area contributed by atoms with E-state index in [-0.39, 0.29) is 0 Å². The molecule has 0 bridgehead atoms. The molecule has 0 aliphatic carbocycles. The van der Waals surface area contributed by atoms with Crippen LogP contribution in [0, 0.1) is 0 Å². The van der Waals surface area contributed by atoms with Crippen molar-refractivity contribution < 1.29 is 4.42 Å². The quantitative estimate of drug-likeness (QED) is 0.647. The summed E-state index contributed by atoms with van der Waals surface area (Å²) in [6, 6.07) is 10.0. The second kappa shape index (κ2) is 3.53. The molecule has 0 amide bonds. The molecule has 0 saturated heterocycles. The van der Waals surface area contributed by atoms with Gasteiger partial charge in [0.1, 0.15) is 11.2 Å². The normalized spacial score (nSPS) is 13.8. The molecule has 2 nitrogen and oxygen atoms in total. The molecule has 0 spiro atoms. The molecule has 18 heavy (non-hydrogen) atoms. The molecule has 0 saturated carbocycles. The van der Waals surface area contributed by atoms with Crippen molar-refractivity contribution in [3.63, 3.8) is 0 Å². The van der Waals surface area contributed by atoms with E-state index in [9.17, 15) is 0 Å². The highest BCUT2D eigenvalue weighted by molar-refractivity contribution is 6.37. The average molecular weight is 256 g/mol. The predicted octanol–water partition coefficient (Wildman–Crippen LogP) is 4.31. The van der Waals surface area contributed by atoms with E-state index in [0.717, 1.165) is 33.5 Å². The monoisotopic (exact) mass is 255 g/mol. The summed E-state index contributed by atoms with van der Waals surface area (Å²) in [5, 5.41) is 6.03. The van der Waals surface area contributed by atoms with Crippen LogP contribution in [0.25, 0.3) is 28.0 Å². The first-order valence-electron chi connectivity index (χ1n) is 5.86. The van der Waals surface area contributed by atoms with Crippen LogP contribution in [-0.4, -0.2) is 0 Å². The number of nitrogens with one attached hydrogen (secondary N) is 1. The highest BCUT2D eigenvalue weighted by Crippen LogP contribution is 2.35. The lowest BCUT2D eigenvalue weighted by Gasteiger charge is -2.11. The van der Waals surface area contributed by atoms with Crippen LogP contribution in [0.4, 0.5) is 0 Å². The van der Waals surface area contributed by atoms with Crippen molar-refractivity contribution in [1.82, 2.24) is 5.32 Å². The van der Waals surface area contributed by atoms with Crippen molar-refractivity contribution in [1.29, 1.82) is 0 Å². The molecule has 1 aliphatic rings. The van der Waals surface area contributed by atoms with E-state index in [4.69, 9.17) is 16.0 Å². The van der Waals surface area contributed by atoms with Gasteiger partial charge >= 0.3 is 0 Å². The Labute approximate surface area is 109 Å². The van der Waals surface area contributed by atoms with Crippen LogP contribution < -0.4 is 5.32 Å². The number of halogens is 1. The zero-order chi connectivity index (χ0) is 12.1. The third kappa shape index (κ3) is 1.30. The van der Waals surface area contributed by atoms with Crippen LogP contribution in [0.3, 0.4) is 0 Å².